The molecule has 5 heteroatoms. The quantitative estimate of drug-likeness (QED) is 0.715. The van der Waals surface area contributed by atoms with Crippen molar-refractivity contribution in [1.82, 2.24) is 4.90 Å². The molecule has 17 heavy (non-hydrogen) atoms. The molecule has 0 aliphatic heterocycles. The van der Waals surface area contributed by atoms with Gasteiger partial charge in [0.25, 0.3) is 0 Å². The van der Waals surface area contributed by atoms with Gasteiger partial charge in [-0.3, -0.25) is 4.90 Å². The normalized spacial score (nSPS) is 10.1. The zero-order valence-electron chi connectivity index (χ0n) is 9.86. The molecule has 0 atom stereocenters. The second kappa shape index (κ2) is 9.84. The minimum Gasteiger partial charge on any atom is -0.497 e. The average Bonchev–Trinajstić information content (AvgIpc) is 2.31. The Morgan fingerprint density at radius 1 is 1.06 bits per heavy atom. The lowest BCUT2D eigenvalue weighted by molar-refractivity contribution is 0.299. The molecule has 1 aromatic rings. The number of hydrogen-bond acceptors (Lipinski definition) is 2. The van der Waals surface area contributed by atoms with E-state index in [-0.39, 0.29) is 12.4 Å². The molecule has 0 aliphatic carbocycles. The highest BCUT2D eigenvalue weighted by molar-refractivity contribution is 6.18. The summed E-state index contributed by atoms with van der Waals surface area (Å²) < 4.78 is 5.11. The van der Waals surface area contributed by atoms with Gasteiger partial charge < -0.3 is 4.74 Å². The first-order valence-corrected chi connectivity index (χ1v) is 6.34. The molecule has 0 N–H and O–H groups in total. The van der Waals surface area contributed by atoms with Crippen LogP contribution in [0.3, 0.4) is 0 Å². The van der Waals surface area contributed by atoms with Gasteiger partial charge in [0.15, 0.2) is 0 Å². The smallest absolute Gasteiger partial charge is 0.118 e. The van der Waals surface area contributed by atoms with Gasteiger partial charge in [-0.15, -0.1) is 35.6 Å². The molecule has 0 amide bonds. The van der Waals surface area contributed by atoms with Crippen molar-refractivity contribution in [2.75, 3.05) is 32.0 Å². The van der Waals surface area contributed by atoms with Crippen molar-refractivity contribution in [1.29, 1.82) is 0 Å². The third-order valence-corrected chi connectivity index (χ3v) is 2.70. The van der Waals surface area contributed by atoms with Gasteiger partial charge in [-0.25, -0.2) is 0 Å². The summed E-state index contributed by atoms with van der Waals surface area (Å²) in [5.74, 6) is 2.14. The van der Waals surface area contributed by atoms with Gasteiger partial charge >= 0.3 is 0 Å². The van der Waals surface area contributed by atoms with Crippen LogP contribution in [0.15, 0.2) is 24.3 Å². The van der Waals surface area contributed by atoms with Crippen LogP contribution in [0.5, 0.6) is 5.75 Å². The highest BCUT2D eigenvalue weighted by Gasteiger charge is 2.04. The van der Waals surface area contributed by atoms with Gasteiger partial charge in [-0.05, 0) is 17.7 Å². The van der Waals surface area contributed by atoms with Gasteiger partial charge in [0.2, 0.25) is 0 Å². The van der Waals surface area contributed by atoms with E-state index in [1.807, 2.05) is 12.1 Å². The summed E-state index contributed by atoms with van der Waals surface area (Å²) in [5, 5.41) is 0. The molecule has 1 aromatic carbocycles. The molecular formula is C12H18Cl3NO. The molecule has 0 aliphatic rings. The highest BCUT2D eigenvalue weighted by atomic mass is 35.5. The maximum atomic E-state index is 5.74. The molecule has 0 saturated carbocycles. The average molecular weight is 299 g/mol. The molecule has 0 fully saturated rings. The number of nitrogens with zero attached hydrogens (tertiary/aromatic N) is 1. The fourth-order valence-electron chi connectivity index (χ4n) is 1.50. The fraction of sp³-hybridized carbons (Fsp3) is 0.500. The van der Waals surface area contributed by atoms with E-state index >= 15 is 0 Å². The van der Waals surface area contributed by atoms with E-state index < -0.39 is 0 Å². The number of ether oxygens (including phenoxy) is 1. The maximum absolute atomic E-state index is 5.74. The predicted molar refractivity (Wildman–Crippen MR) is 77.0 cm³/mol. The predicted octanol–water partition coefficient (Wildman–Crippen LogP) is 3.40. The molecule has 0 saturated heterocycles. The zero-order chi connectivity index (χ0) is 11.8. The molecule has 0 aromatic heterocycles. The molecule has 0 bridgehead atoms. The molecule has 1 rings (SSSR count). The van der Waals surface area contributed by atoms with Crippen molar-refractivity contribution in [3.05, 3.63) is 29.8 Å². The minimum atomic E-state index is 0. The first-order valence-electron chi connectivity index (χ1n) is 5.27. The van der Waals surface area contributed by atoms with Gasteiger partial charge in [-0.1, -0.05) is 12.1 Å². The Morgan fingerprint density at radius 2 is 1.59 bits per heavy atom. The van der Waals surface area contributed by atoms with E-state index in [2.05, 4.69) is 17.0 Å². The van der Waals surface area contributed by atoms with Crippen LogP contribution in [0.25, 0.3) is 0 Å². The van der Waals surface area contributed by atoms with Gasteiger partial charge in [0.1, 0.15) is 5.75 Å². The van der Waals surface area contributed by atoms with Crippen LogP contribution in [0.1, 0.15) is 5.56 Å². The number of alkyl halides is 2. The molecule has 0 heterocycles. The molecular weight excluding hydrogens is 280 g/mol. The van der Waals surface area contributed by atoms with E-state index in [4.69, 9.17) is 27.9 Å². The van der Waals surface area contributed by atoms with Crippen molar-refractivity contribution in [2.24, 2.45) is 0 Å². The Balaban J connectivity index is 0.00000256. The van der Waals surface area contributed by atoms with Crippen LogP contribution in [-0.2, 0) is 6.54 Å². The number of hydrogen-bond donors (Lipinski definition) is 0. The lowest BCUT2D eigenvalue weighted by Gasteiger charge is -2.20. The molecule has 0 radical (unpaired) electrons. The summed E-state index contributed by atoms with van der Waals surface area (Å²) in [6.07, 6.45) is 0. The molecule has 0 spiro atoms. The van der Waals surface area contributed by atoms with Crippen molar-refractivity contribution in [3.8, 4) is 5.75 Å². The summed E-state index contributed by atoms with van der Waals surface area (Å²) in [4.78, 5) is 2.24. The summed E-state index contributed by atoms with van der Waals surface area (Å²) in [7, 11) is 1.67. The van der Waals surface area contributed by atoms with Crippen molar-refractivity contribution < 1.29 is 4.74 Å². The second-order valence-corrected chi connectivity index (χ2v) is 4.26. The van der Waals surface area contributed by atoms with E-state index in [0.717, 1.165) is 25.4 Å². The largest absolute Gasteiger partial charge is 0.497 e. The second-order valence-electron chi connectivity index (χ2n) is 3.50. The SMILES string of the molecule is COc1ccc(CN(CCCl)CCCl)cc1.Cl. The monoisotopic (exact) mass is 297 g/mol. The minimum absolute atomic E-state index is 0. The Labute approximate surface area is 119 Å². The van der Waals surface area contributed by atoms with Crippen LogP contribution in [0.4, 0.5) is 0 Å². The summed E-state index contributed by atoms with van der Waals surface area (Å²) in [6, 6.07) is 8.06. The van der Waals surface area contributed by atoms with Crippen LogP contribution >= 0.6 is 35.6 Å². The van der Waals surface area contributed by atoms with Crippen LogP contribution in [0, 0.1) is 0 Å². The van der Waals surface area contributed by atoms with Crippen LogP contribution in [-0.4, -0.2) is 36.9 Å². The maximum Gasteiger partial charge on any atom is 0.118 e. The standard InChI is InChI=1S/C12H17Cl2NO.ClH/c1-16-12-4-2-11(3-5-12)10-15(8-6-13)9-7-14;/h2-5H,6-10H2,1H3;1H. The molecule has 0 unspecified atom stereocenters. The zero-order valence-corrected chi connectivity index (χ0v) is 12.2. The summed E-state index contributed by atoms with van der Waals surface area (Å²) in [6.45, 7) is 2.60. The first-order chi connectivity index (χ1) is 7.80. The van der Waals surface area contributed by atoms with E-state index in [9.17, 15) is 0 Å². The van der Waals surface area contributed by atoms with E-state index in [1.54, 1.807) is 7.11 Å². The van der Waals surface area contributed by atoms with Gasteiger partial charge in [0.05, 0.1) is 7.11 Å². The van der Waals surface area contributed by atoms with Crippen molar-refractivity contribution >= 4 is 35.6 Å². The van der Waals surface area contributed by atoms with Crippen LogP contribution in [0.2, 0.25) is 0 Å². The fourth-order valence-corrected chi connectivity index (χ4v) is 1.98. The van der Waals surface area contributed by atoms with E-state index in [1.165, 1.54) is 5.56 Å². The topological polar surface area (TPSA) is 12.5 Å². The third kappa shape index (κ3) is 6.37. The summed E-state index contributed by atoms with van der Waals surface area (Å²) in [5.41, 5.74) is 1.25. The number of benzene rings is 1. The molecule has 98 valence electrons. The highest BCUT2D eigenvalue weighted by Crippen LogP contribution is 2.13. The molecule has 2 nitrogen and oxygen atoms in total. The Hall–Kier alpha value is -0.150. The van der Waals surface area contributed by atoms with Crippen molar-refractivity contribution in [3.63, 3.8) is 0 Å². The Bertz CT molecular complexity index is 286. The Morgan fingerprint density at radius 3 is 2.00 bits per heavy atom. The Kier molecular flexibility index (Phi) is 9.75. The first kappa shape index (κ1) is 16.9. The number of rotatable bonds is 7. The lowest BCUT2D eigenvalue weighted by Crippen LogP contribution is -2.27. The van der Waals surface area contributed by atoms with Gasteiger partial charge in [0, 0.05) is 31.4 Å². The lowest BCUT2D eigenvalue weighted by atomic mass is 10.2. The van der Waals surface area contributed by atoms with Gasteiger partial charge in [-0.2, -0.15) is 0 Å². The summed E-state index contributed by atoms with van der Waals surface area (Å²) >= 11 is 11.5. The van der Waals surface area contributed by atoms with E-state index in [0.29, 0.717) is 11.8 Å². The van der Waals surface area contributed by atoms with Crippen molar-refractivity contribution in [2.45, 2.75) is 6.54 Å². The number of halogens is 3. The van der Waals surface area contributed by atoms with Crippen LogP contribution < -0.4 is 4.74 Å². The number of methoxy groups -OCH3 is 1. The third-order valence-electron chi connectivity index (χ3n) is 2.37.